The molecule has 0 radical (unpaired) electrons. The van der Waals surface area contributed by atoms with E-state index in [0.717, 1.165) is 21.4 Å². The van der Waals surface area contributed by atoms with Crippen LogP contribution in [0.1, 0.15) is 36.3 Å². The van der Waals surface area contributed by atoms with Crippen molar-refractivity contribution in [2.24, 2.45) is 5.41 Å². The highest BCUT2D eigenvalue weighted by Gasteiger charge is 2.34. The minimum absolute atomic E-state index is 0.0757. The fourth-order valence-electron chi connectivity index (χ4n) is 3.24. The molecule has 3 rings (SSSR count). The zero-order valence-corrected chi connectivity index (χ0v) is 14.6. The summed E-state index contributed by atoms with van der Waals surface area (Å²) < 4.78 is 2.66. The van der Waals surface area contributed by atoms with Crippen LogP contribution in [0.25, 0.3) is 11.3 Å². The molecule has 0 spiro atoms. The van der Waals surface area contributed by atoms with Crippen LogP contribution < -0.4 is 5.11 Å². The second-order valence-corrected chi connectivity index (χ2v) is 7.71. The number of carboxylic acid groups (broad SMARTS) is 1. The van der Waals surface area contributed by atoms with E-state index in [9.17, 15) is 14.7 Å². The summed E-state index contributed by atoms with van der Waals surface area (Å²) in [5.74, 6) is -1.08. The number of carbonyl (C=O) groups excluding carboxylic acids is 2. The highest BCUT2D eigenvalue weighted by atomic mass is 79.9. The van der Waals surface area contributed by atoms with Gasteiger partial charge in [-0.3, -0.25) is 4.79 Å². The quantitative estimate of drug-likeness (QED) is 0.829. The second kappa shape index (κ2) is 5.64. The Morgan fingerprint density at radius 1 is 1.26 bits per heavy atom. The summed E-state index contributed by atoms with van der Waals surface area (Å²) >= 11 is 3.39. The van der Waals surface area contributed by atoms with E-state index in [1.807, 2.05) is 44.2 Å². The molecule has 1 aromatic carbocycles. The highest BCUT2D eigenvalue weighted by molar-refractivity contribution is 9.10. The third-order valence-corrected chi connectivity index (χ3v) is 4.75. The number of ketones is 1. The van der Waals surface area contributed by atoms with Gasteiger partial charge in [-0.15, -0.1) is 0 Å². The molecule has 1 aliphatic rings. The molecule has 0 unspecified atom stereocenters. The van der Waals surface area contributed by atoms with E-state index in [2.05, 4.69) is 15.9 Å². The fraction of sp³-hybridized carbons (Fsp3) is 0.333. The van der Waals surface area contributed by atoms with Crippen molar-refractivity contribution in [3.05, 3.63) is 46.1 Å². The molecule has 23 heavy (non-hydrogen) atoms. The SMILES string of the molecule is CC1(C)CC(=O)c2cc(-c3ccc(Br)cc3)n(CC(=O)[O-])c2C1. The minimum Gasteiger partial charge on any atom is -0.548 e. The molecule has 0 N–H and O–H groups in total. The highest BCUT2D eigenvalue weighted by Crippen LogP contribution is 2.38. The number of rotatable bonds is 3. The monoisotopic (exact) mass is 374 g/mol. The molecule has 0 fully saturated rings. The Morgan fingerprint density at radius 3 is 2.52 bits per heavy atom. The molecule has 1 aliphatic carbocycles. The number of benzene rings is 1. The van der Waals surface area contributed by atoms with Crippen molar-refractivity contribution in [3.8, 4) is 11.3 Å². The lowest BCUT2D eigenvalue weighted by atomic mass is 9.76. The number of halogens is 1. The number of hydrogen-bond acceptors (Lipinski definition) is 3. The van der Waals surface area contributed by atoms with Crippen LogP contribution in [0.4, 0.5) is 0 Å². The third kappa shape index (κ3) is 3.11. The van der Waals surface area contributed by atoms with Crippen LogP contribution in [-0.4, -0.2) is 16.3 Å². The Bertz CT molecular complexity index is 787. The summed E-state index contributed by atoms with van der Waals surface area (Å²) in [4.78, 5) is 23.7. The predicted octanol–water partition coefficient (Wildman–Crippen LogP) is 2.82. The van der Waals surface area contributed by atoms with Gasteiger partial charge >= 0.3 is 0 Å². The maximum Gasteiger partial charge on any atom is 0.165 e. The smallest absolute Gasteiger partial charge is 0.165 e. The van der Waals surface area contributed by atoms with Crippen LogP contribution in [0.5, 0.6) is 0 Å². The Morgan fingerprint density at radius 2 is 1.91 bits per heavy atom. The Labute approximate surface area is 143 Å². The number of Topliss-reactive ketones (excluding diaryl/α,β-unsaturated/α-hetero) is 1. The average molecular weight is 375 g/mol. The first-order chi connectivity index (χ1) is 10.8. The van der Waals surface area contributed by atoms with Crippen LogP contribution >= 0.6 is 15.9 Å². The first kappa shape index (κ1) is 16.0. The summed E-state index contributed by atoms with van der Waals surface area (Å²) in [7, 11) is 0. The van der Waals surface area contributed by atoms with Crippen molar-refractivity contribution in [3.63, 3.8) is 0 Å². The lowest BCUT2D eigenvalue weighted by molar-refractivity contribution is -0.306. The lowest BCUT2D eigenvalue weighted by Crippen LogP contribution is -2.32. The number of fused-ring (bicyclic) bond motifs is 1. The van der Waals surface area contributed by atoms with Crippen LogP contribution in [0.15, 0.2) is 34.8 Å². The normalized spacial score (nSPS) is 16.2. The average Bonchev–Trinajstić information content (AvgIpc) is 2.77. The second-order valence-electron chi connectivity index (χ2n) is 6.80. The summed E-state index contributed by atoms with van der Waals surface area (Å²) in [6, 6.07) is 9.44. The Kier molecular flexibility index (Phi) is 3.92. The number of nitrogens with zero attached hydrogens (tertiary/aromatic N) is 1. The minimum atomic E-state index is -1.16. The van der Waals surface area contributed by atoms with Crippen molar-refractivity contribution in [2.75, 3.05) is 0 Å². The Hall–Kier alpha value is -1.88. The van der Waals surface area contributed by atoms with Crippen molar-refractivity contribution < 1.29 is 14.7 Å². The molecule has 0 bridgehead atoms. The van der Waals surface area contributed by atoms with Crippen molar-refractivity contribution >= 4 is 27.7 Å². The first-order valence-corrected chi connectivity index (χ1v) is 8.27. The van der Waals surface area contributed by atoms with Gasteiger partial charge in [0.15, 0.2) is 5.78 Å². The summed E-state index contributed by atoms with van der Waals surface area (Å²) in [6.45, 7) is 3.82. The molecule has 5 heteroatoms. The molecule has 2 aromatic rings. The molecule has 0 atom stereocenters. The molecule has 1 aromatic heterocycles. The van der Waals surface area contributed by atoms with Gasteiger partial charge in [0.25, 0.3) is 0 Å². The number of aromatic nitrogens is 1. The fourth-order valence-corrected chi connectivity index (χ4v) is 3.50. The largest absolute Gasteiger partial charge is 0.548 e. The lowest BCUT2D eigenvalue weighted by Gasteiger charge is -2.30. The van der Waals surface area contributed by atoms with Gasteiger partial charge in [0.05, 0.1) is 12.5 Å². The van der Waals surface area contributed by atoms with Crippen LogP contribution in [0.3, 0.4) is 0 Å². The molecule has 0 saturated carbocycles. The van der Waals surface area contributed by atoms with Gasteiger partial charge in [0, 0.05) is 27.8 Å². The van der Waals surface area contributed by atoms with E-state index < -0.39 is 5.97 Å². The van der Waals surface area contributed by atoms with E-state index in [-0.39, 0.29) is 17.7 Å². The maximum absolute atomic E-state index is 12.5. The summed E-state index contributed by atoms with van der Waals surface area (Å²) in [6.07, 6.45) is 1.16. The molecule has 0 amide bonds. The van der Waals surface area contributed by atoms with E-state index in [0.29, 0.717) is 18.4 Å². The molecular formula is C18H17BrNO3-. The van der Waals surface area contributed by atoms with E-state index in [4.69, 9.17) is 0 Å². The zero-order valence-electron chi connectivity index (χ0n) is 13.1. The van der Waals surface area contributed by atoms with Gasteiger partial charge in [-0.25, -0.2) is 0 Å². The molecule has 1 heterocycles. The maximum atomic E-state index is 12.5. The van der Waals surface area contributed by atoms with Gasteiger partial charge < -0.3 is 14.5 Å². The van der Waals surface area contributed by atoms with Gasteiger partial charge in [-0.05, 0) is 35.6 Å². The van der Waals surface area contributed by atoms with Gasteiger partial charge in [0.2, 0.25) is 0 Å². The molecule has 4 nitrogen and oxygen atoms in total. The Balaban J connectivity index is 2.19. The van der Waals surface area contributed by atoms with Crippen LogP contribution in [-0.2, 0) is 17.8 Å². The van der Waals surface area contributed by atoms with Gasteiger partial charge in [0.1, 0.15) is 0 Å². The van der Waals surface area contributed by atoms with E-state index in [1.54, 1.807) is 4.57 Å². The first-order valence-electron chi connectivity index (χ1n) is 7.48. The standard InChI is InChI=1S/C18H18BrNO3/c1-18(2)8-15-13(16(21)9-18)7-14(20(15)10-17(22)23)11-3-5-12(19)6-4-11/h3-7H,8-10H2,1-2H3,(H,22,23)/p-1. The van der Waals surface area contributed by atoms with Crippen molar-refractivity contribution in [2.45, 2.75) is 33.2 Å². The summed E-state index contributed by atoms with van der Waals surface area (Å²) in [5.41, 5.74) is 2.91. The number of carbonyl (C=O) groups is 2. The molecular weight excluding hydrogens is 358 g/mol. The molecule has 0 aliphatic heterocycles. The van der Waals surface area contributed by atoms with Crippen molar-refractivity contribution in [1.82, 2.24) is 4.57 Å². The van der Waals surface area contributed by atoms with Gasteiger partial charge in [-0.2, -0.15) is 0 Å². The zero-order chi connectivity index (χ0) is 16.8. The summed E-state index contributed by atoms with van der Waals surface area (Å²) in [5, 5.41) is 11.2. The third-order valence-electron chi connectivity index (χ3n) is 4.22. The van der Waals surface area contributed by atoms with Crippen molar-refractivity contribution in [1.29, 1.82) is 0 Å². The number of aliphatic carboxylic acids is 1. The van der Waals surface area contributed by atoms with E-state index >= 15 is 0 Å². The van der Waals surface area contributed by atoms with Crippen LogP contribution in [0.2, 0.25) is 0 Å². The van der Waals surface area contributed by atoms with Crippen LogP contribution in [0, 0.1) is 5.41 Å². The topological polar surface area (TPSA) is 62.1 Å². The number of carboxylic acids is 1. The van der Waals surface area contributed by atoms with E-state index in [1.165, 1.54) is 0 Å². The molecule has 0 saturated heterocycles. The molecule has 120 valence electrons. The van der Waals surface area contributed by atoms with Gasteiger partial charge in [-0.1, -0.05) is 41.9 Å². The predicted molar refractivity (Wildman–Crippen MR) is 89.0 cm³/mol. The number of hydrogen-bond donors (Lipinski definition) is 0.